The molecule has 2 aromatic carbocycles. The van der Waals surface area contributed by atoms with Crippen molar-refractivity contribution in [2.45, 2.75) is 18.4 Å². The van der Waals surface area contributed by atoms with E-state index in [-0.39, 0.29) is 47.6 Å². The summed E-state index contributed by atoms with van der Waals surface area (Å²) in [5, 5.41) is 19.1. The zero-order valence-corrected chi connectivity index (χ0v) is 19.5. The van der Waals surface area contributed by atoms with E-state index >= 15 is 0 Å². The molecule has 33 heavy (non-hydrogen) atoms. The van der Waals surface area contributed by atoms with Crippen molar-refractivity contribution in [3.63, 3.8) is 0 Å². The zero-order chi connectivity index (χ0) is 24.0. The standard InChI is InChI=1S/C21H22N4O6S2/c1-14-3-5-15(6-4-14)31-12-20-24-18(13-32-20)21(26)23-10-9-22-17-8-7-16(33(2,29)30)11-19(17)25(27)28/h3-8,11,13,22H,9-10,12H2,1-2H3,(H,23,26). The molecule has 0 saturated heterocycles. The van der Waals surface area contributed by atoms with Crippen LogP contribution >= 0.6 is 11.3 Å². The van der Waals surface area contributed by atoms with Crippen LogP contribution in [0.25, 0.3) is 0 Å². The largest absolute Gasteiger partial charge is 0.486 e. The Morgan fingerprint density at radius 3 is 2.58 bits per heavy atom. The van der Waals surface area contributed by atoms with Crippen LogP contribution in [0.5, 0.6) is 5.75 Å². The third-order valence-corrected chi connectivity index (χ3v) is 6.42. The Hall–Kier alpha value is -3.51. The average Bonchev–Trinajstić information content (AvgIpc) is 3.24. The predicted molar refractivity (Wildman–Crippen MR) is 125 cm³/mol. The molecule has 0 radical (unpaired) electrons. The molecule has 10 nitrogen and oxygen atoms in total. The number of nitrogens with one attached hydrogen (secondary N) is 2. The molecule has 0 atom stereocenters. The van der Waals surface area contributed by atoms with E-state index < -0.39 is 14.8 Å². The molecule has 0 aliphatic heterocycles. The van der Waals surface area contributed by atoms with Crippen LogP contribution in [-0.2, 0) is 16.4 Å². The number of carbonyl (C=O) groups is 1. The highest BCUT2D eigenvalue weighted by Gasteiger charge is 2.18. The number of rotatable bonds is 10. The van der Waals surface area contributed by atoms with Crippen LogP contribution in [0.2, 0.25) is 0 Å². The smallest absolute Gasteiger partial charge is 0.293 e. The van der Waals surface area contributed by atoms with Gasteiger partial charge in [0.2, 0.25) is 0 Å². The zero-order valence-electron chi connectivity index (χ0n) is 17.9. The lowest BCUT2D eigenvalue weighted by molar-refractivity contribution is -0.384. The number of aryl methyl sites for hydroxylation is 1. The SMILES string of the molecule is Cc1ccc(OCc2nc(C(=O)NCCNc3ccc(S(C)(=O)=O)cc3[N+](=O)[O-])cs2)cc1. The van der Waals surface area contributed by atoms with E-state index in [1.807, 2.05) is 31.2 Å². The lowest BCUT2D eigenvalue weighted by Crippen LogP contribution is -2.29. The molecule has 0 bridgehead atoms. The van der Waals surface area contributed by atoms with E-state index in [1.165, 1.54) is 23.5 Å². The number of aromatic nitrogens is 1. The Balaban J connectivity index is 1.50. The fraction of sp³-hybridized carbons (Fsp3) is 0.238. The minimum absolute atomic E-state index is 0.140. The average molecular weight is 491 g/mol. The van der Waals surface area contributed by atoms with Crippen molar-refractivity contribution in [3.8, 4) is 5.75 Å². The fourth-order valence-corrected chi connectivity index (χ4v) is 4.09. The van der Waals surface area contributed by atoms with Gasteiger partial charge in [-0.2, -0.15) is 0 Å². The van der Waals surface area contributed by atoms with E-state index in [0.717, 1.165) is 17.9 Å². The Kier molecular flexibility index (Phi) is 7.61. The number of benzene rings is 2. The maximum absolute atomic E-state index is 12.3. The van der Waals surface area contributed by atoms with Crippen LogP contribution in [0.15, 0.2) is 52.7 Å². The number of nitro benzene ring substituents is 1. The molecule has 2 N–H and O–H groups in total. The van der Waals surface area contributed by atoms with Crippen molar-refractivity contribution in [2.75, 3.05) is 24.7 Å². The van der Waals surface area contributed by atoms with Gasteiger partial charge in [0.15, 0.2) is 9.84 Å². The van der Waals surface area contributed by atoms with Crippen LogP contribution in [0.4, 0.5) is 11.4 Å². The topological polar surface area (TPSA) is 141 Å². The third-order valence-electron chi connectivity index (χ3n) is 4.49. The molecule has 3 rings (SSSR count). The second-order valence-electron chi connectivity index (χ2n) is 7.12. The number of anilines is 1. The minimum atomic E-state index is -3.57. The summed E-state index contributed by atoms with van der Waals surface area (Å²) in [7, 11) is -3.57. The molecule has 0 unspecified atom stereocenters. The molecule has 3 aromatic rings. The van der Waals surface area contributed by atoms with Gasteiger partial charge < -0.3 is 15.4 Å². The number of nitrogens with zero attached hydrogens (tertiary/aromatic N) is 2. The molecule has 1 amide bonds. The Bertz CT molecular complexity index is 1260. The lowest BCUT2D eigenvalue weighted by Gasteiger charge is -2.09. The maximum Gasteiger partial charge on any atom is 0.293 e. The highest BCUT2D eigenvalue weighted by Crippen LogP contribution is 2.27. The summed E-state index contributed by atoms with van der Waals surface area (Å²) in [6.45, 7) is 2.60. The van der Waals surface area contributed by atoms with Crippen molar-refractivity contribution in [1.82, 2.24) is 10.3 Å². The van der Waals surface area contributed by atoms with Gasteiger partial charge in [-0.05, 0) is 31.2 Å². The molecule has 0 aliphatic carbocycles. The van der Waals surface area contributed by atoms with Crippen LogP contribution in [0.1, 0.15) is 21.1 Å². The molecule has 0 spiro atoms. The van der Waals surface area contributed by atoms with Gasteiger partial charge in [-0.1, -0.05) is 17.7 Å². The summed E-state index contributed by atoms with van der Waals surface area (Å²) in [5.41, 5.74) is 1.18. The highest BCUT2D eigenvalue weighted by atomic mass is 32.2. The quantitative estimate of drug-likeness (QED) is 0.251. The number of thiazole rings is 1. The third kappa shape index (κ3) is 6.73. The number of hydrogen-bond acceptors (Lipinski definition) is 9. The second-order valence-corrected chi connectivity index (χ2v) is 10.1. The lowest BCUT2D eigenvalue weighted by atomic mass is 10.2. The predicted octanol–water partition coefficient (Wildman–Crippen LogP) is 3.18. The second kappa shape index (κ2) is 10.4. The Labute approximate surface area is 194 Å². The van der Waals surface area contributed by atoms with Gasteiger partial charge in [-0.3, -0.25) is 14.9 Å². The van der Waals surface area contributed by atoms with Crippen LogP contribution < -0.4 is 15.4 Å². The van der Waals surface area contributed by atoms with E-state index in [9.17, 15) is 23.3 Å². The van der Waals surface area contributed by atoms with Gasteiger partial charge in [-0.15, -0.1) is 11.3 Å². The van der Waals surface area contributed by atoms with E-state index in [1.54, 1.807) is 5.38 Å². The number of sulfone groups is 1. The Morgan fingerprint density at radius 1 is 1.18 bits per heavy atom. The van der Waals surface area contributed by atoms with Gasteiger partial charge in [0.1, 0.15) is 28.7 Å². The van der Waals surface area contributed by atoms with Crippen molar-refractivity contribution < 1.29 is 22.9 Å². The first-order valence-electron chi connectivity index (χ1n) is 9.78. The first kappa shape index (κ1) is 24.1. The van der Waals surface area contributed by atoms with Crippen molar-refractivity contribution in [2.24, 2.45) is 0 Å². The van der Waals surface area contributed by atoms with E-state index in [2.05, 4.69) is 15.6 Å². The van der Waals surface area contributed by atoms with Gasteiger partial charge in [0.05, 0.1) is 9.82 Å². The molecule has 1 heterocycles. The number of ether oxygens (including phenoxy) is 1. The van der Waals surface area contributed by atoms with Gasteiger partial charge in [-0.25, -0.2) is 13.4 Å². The van der Waals surface area contributed by atoms with Crippen molar-refractivity contribution in [3.05, 3.63) is 74.2 Å². The minimum Gasteiger partial charge on any atom is -0.486 e. The molecule has 0 fully saturated rings. The van der Waals surface area contributed by atoms with E-state index in [0.29, 0.717) is 10.8 Å². The molecule has 0 aliphatic rings. The van der Waals surface area contributed by atoms with Crippen LogP contribution in [0.3, 0.4) is 0 Å². The summed E-state index contributed by atoms with van der Waals surface area (Å²) in [4.78, 5) is 27.0. The van der Waals surface area contributed by atoms with Gasteiger partial charge in [0, 0.05) is 30.8 Å². The number of hydrogen-bond donors (Lipinski definition) is 2. The fourth-order valence-electron chi connectivity index (χ4n) is 2.77. The first-order valence-corrected chi connectivity index (χ1v) is 12.5. The monoisotopic (exact) mass is 490 g/mol. The molecule has 0 saturated carbocycles. The van der Waals surface area contributed by atoms with Gasteiger partial charge in [0.25, 0.3) is 11.6 Å². The summed E-state index contributed by atoms with van der Waals surface area (Å²) < 4.78 is 28.9. The van der Waals surface area contributed by atoms with E-state index in [4.69, 9.17) is 4.74 Å². The normalized spacial score (nSPS) is 11.1. The van der Waals surface area contributed by atoms with Crippen molar-refractivity contribution in [1.29, 1.82) is 0 Å². The summed E-state index contributed by atoms with van der Waals surface area (Å²) in [5.74, 6) is 0.336. The van der Waals surface area contributed by atoms with Crippen LogP contribution in [0, 0.1) is 17.0 Å². The molecule has 174 valence electrons. The maximum atomic E-state index is 12.3. The summed E-state index contributed by atoms with van der Waals surface area (Å²) >= 11 is 1.31. The van der Waals surface area contributed by atoms with Crippen LogP contribution in [-0.4, -0.2) is 43.6 Å². The molecule has 12 heteroatoms. The molecule has 1 aromatic heterocycles. The number of carbonyl (C=O) groups excluding carboxylic acids is 1. The van der Waals surface area contributed by atoms with Crippen molar-refractivity contribution >= 4 is 38.5 Å². The number of amides is 1. The molecular formula is C21H22N4O6S2. The Morgan fingerprint density at radius 2 is 1.91 bits per heavy atom. The number of nitro groups is 1. The highest BCUT2D eigenvalue weighted by molar-refractivity contribution is 7.90. The summed E-state index contributed by atoms with van der Waals surface area (Å²) in [6, 6.07) is 11.2. The summed E-state index contributed by atoms with van der Waals surface area (Å²) in [6.07, 6.45) is 0.979. The first-order chi connectivity index (χ1) is 15.6. The molecular weight excluding hydrogens is 468 g/mol. The van der Waals surface area contributed by atoms with Gasteiger partial charge >= 0.3 is 0 Å².